The zero-order valence-corrected chi connectivity index (χ0v) is 8.76. The van der Waals surface area contributed by atoms with Crippen LogP contribution in [0.1, 0.15) is 6.92 Å². The van der Waals surface area contributed by atoms with Gasteiger partial charge in [0.2, 0.25) is 5.88 Å². The van der Waals surface area contributed by atoms with Crippen molar-refractivity contribution < 1.29 is 4.74 Å². The molecular formula is C9H12N2OS. The average Bonchev–Trinajstić information content (AvgIpc) is 2.42. The second-order valence-electron chi connectivity index (χ2n) is 3.01. The molecule has 0 fully saturated rings. The van der Waals surface area contributed by atoms with Crippen molar-refractivity contribution in [1.29, 1.82) is 0 Å². The fourth-order valence-electron chi connectivity index (χ4n) is 1.32. The Kier molecular flexibility index (Phi) is 2.07. The van der Waals surface area contributed by atoms with E-state index in [0.717, 1.165) is 5.03 Å². The van der Waals surface area contributed by atoms with Gasteiger partial charge < -0.3 is 9.64 Å². The summed E-state index contributed by atoms with van der Waals surface area (Å²) in [5, 5.41) is 1.53. The molecule has 1 aromatic heterocycles. The fraction of sp³-hybridized carbons (Fsp3) is 0.444. The molecule has 0 saturated heterocycles. The Balaban J connectivity index is 2.40. The van der Waals surface area contributed by atoms with Crippen LogP contribution in [0.4, 0.5) is 5.69 Å². The van der Waals surface area contributed by atoms with Gasteiger partial charge in [-0.05, 0) is 13.0 Å². The number of anilines is 1. The van der Waals surface area contributed by atoms with Gasteiger partial charge in [-0.2, -0.15) is 0 Å². The van der Waals surface area contributed by atoms with Crippen LogP contribution in [0, 0.1) is 0 Å². The molecule has 0 radical (unpaired) electrons. The largest absolute Gasteiger partial charge is 0.481 e. The van der Waals surface area contributed by atoms with Crippen molar-refractivity contribution in [2.45, 2.75) is 17.3 Å². The van der Waals surface area contributed by atoms with E-state index in [1.165, 1.54) is 5.69 Å². The van der Waals surface area contributed by atoms with Crippen LogP contribution in [0.25, 0.3) is 0 Å². The first-order valence-electron chi connectivity index (χ1n) is 4.17. The Morgan fingerprint density at radius 2 is 2.31 bits per heavy atom. The number of methoxy groups -OCH3 is 1. The highest BCUT2D eigenvalue weighted by atomic mass is 32.2. The zero-order chi connectivity index (χ0) is 9.42. The van der Waals surface area contributed by atoms with Crippen LogP contribution >= 0.6 is 11.8 Å². The SMILES string of the molecule is COc1ccc2c(n1)SC(C)N2C. The van der Waals surface area contributed by atoms with E-state index in [1.807, 2.05) is 6.07 Å². The first-order chi connectivity index (χ1) is 6.22. The summed E-state index contributed by atoms with van der Waals surface area (Å²) < 4.78 is 5.07. The van der Waals surface area contributed by atoms with Crippen molar-refractivity contribution >= 4 is 17.4 Å². The molecule has 2 heterocycles. The van der Waals surface area contributed by atoms with Crippen molar-refractivity contribution in [3.8, 4) is 5.88 Å². The molecule has 13 heavy (non-hydrogen) atoms. The molecule has 0 spiro atoms. The summed E-state index contributed by atoms with van der Waals surface area (Å²) in [5.41, 5.74) is 1.19. The van der Waals surface area contributed by atoms with Crippen molar-refractivity contribution in [3.63, 3.8) is 0 Å². The standard InChI is InChI=1S/C9H12N2OS/c1-6-11(2)7-4-5-8(12-3)10-9(7)13-6/h4-6H,1-3H3. The minimum atomic E-state index is 0.467. The number of thioether (sulfide) groups is 1. The van der Waals surface area contributed by atoms with Gasteiger partial charge in [-0.3, -0.25) is 0 Å². The molecular weight excluding hydrogens is 184 g/mol. The lowest BCUT2D eigenvalue weighted by Crippen LogP contribution is -2.20. The topological polar surface area (TPSA) is 25.4 Å². The Morgan fingerprint density at radius 3 is 3.00 bits per heavy atom. The molecule has 4 heteroatoms. The summed E-state index contributed by atoms with van der Waals surface area (Å²) in [6.45, 7) is 2.17. The van der Waals surface area contributed by atoms with Gasteiger partial charge in [-0.25, -0.2) is 4.98 Å². The second-order valence-corrected chi connectivity index (χ2v) is 4.31. The van der Waals surface area contributed by atoms with E-state index in [2.05, 4.69) is 29.9 Å². The zero-order valence-electron chi connectivity index (χ0n) is 7.94. The van der Waals surface area contributed by atoms with Crippen molar-refractivity contribution in [1.82, 2.24) is 4.98 Å². The van der Waals surface area contributed by atoms with Crippen LogP contribution in [0.2, 0.25) is 0 Å². The van der Waals surface area contributed by atoms with Gasteiger partial charge >= 0.3 is 0 Å². The molecule has 1 atom stereocenters. The summed E-state index contributed by atoms with van der Waals surface area (Å²) in [6, 6.07) is 3.95. The summed E-state index contributed by atoms with van der Waals surface area (Å²) >= 11 is 1.76. The molecule has 1 unspecified atom stereocenters. The lowest BCUT2D eigenvalue weighted by atomic mass is 10.4. The Hall–Kier alpha value is -0.900. The van der Waals surface area contributed by atoms with Crippen LogP contribution < -0.4 is 9.64 Å². The van der Waals surface area contributed by atoms with Crippen LogP contribution in [0.3, 0.4) is 0 Å². The number of fused-ring (bicyclic) bond motifs is 1. The quantitative estimate of drug-likeness (QED) is 0.685. The third-order valence-corrected chi connectivity index (χ3v) is 3.41. The maximum atomic E-state index is 5.07. The average molecular weight is 196 g/mol. The Bertz CT molecular complexity index is 329. The summed E-state index contributed by atoms with van der Waals surface area (Å²) in [6.07, 6.45) is 0. The maximum Gasteiger partial charge on any atom is 0.214 e. The van der Waals surface area contributed by atoms with Gasteiger partial charge in [0.05, 0.1) is 18.2 Å². The van der Waals surface area contributed by atoms with Gasteiger partial charge in [0.15, 0.2) is 0 Å². The predicted octanol–water partition coefficient (Wildman–Crippen LogP) is 1.98. The lowest BCUT2D eigenvalue weighted by molar-refractivity contribution is 0.395. The van der Waals surface area contributed by atoms with E-state index in [4.69, 9.17) is 4.74 Å². The number of aromatic nitrogens is 1. The van der Waals surface area contributed by atoms with E-state index >= 15 is 0 Å². The third kappa shape index (κ3) is 1.35. The van der Waals surface area contributed by atoms with Crippen LogP contribution in [0.15, 0.2) is 17.2 Å². The molecule has 0 amide bonds. The van der Waals surface area contributed by atoms with Gasteiger partial charge in [-0.1, -0.05) is 11.8 Å². The van der Waals surface area contributed by atoms with Gasteiger partial charge in [-0.15, -0.1) is 0 Å². The minimum Gasteiger partial charge on any atom is -0.481 e. The second kappa shape index (κ2) is 3.10. The molecule has 2 rings (SSSR count). The molecule has 3 nitrogen and oxygen atoms in total. The fourth-order valence-corrected chi connectivity index (χ4v) is 2.39. The smallest absolute Gasteiger partial charge is 0.214 e. The molecule has 0 bridgehead atoms. The van der Waals surface area contributed by atoms with E-state index in [0.29, 0.717) is 11.3 Å². The Morgan fingerprint density at radius 1 is 1.54 bits per heavy atom. The van der Waals surface area contributed by atoms with Crippen LogP contribution in [0.5, 0.6) is 5.88 Å². The lowest BCUT2D eigenvalue weighted by Gasteiger charge is -2.16. The van der Waals surface area contributed by atoms with Gasteiger partial charge in [0.1, 0.15) is 5.03 Å². The minimum absolute atomic E-state index is 0.467. The molecule has 0 aromatic carbocycles. The highest BCUT2D eigenvalue weighted by molar-refractivity contribution is 8.00. The van der Waals surface area contributed by atoms with Crippen molar-refractivity contribution in [2.75, 3.05) is 19.1 Å². The molecule has 0 aliphatic carbocycles. The van der Waals surface area contributed by atoms with Crippen molar-refractivity contribution in [2.24, 2.45) is 0 Å². The number of nitrogens with zero attached hydrogens (tertiary/aromatic N) is 2. The first-order valence-corrected chi connectivity index (χ1v) is 5.05. The summed E-state index contributed by atoms with van der Waals surface area (Å²) in [4.78, 5) is 6.59. The van der Waals surface area contributed by atoms with Crippen LogP contribution in [-0.4, -0.2) is 24.5 Å². The summed E-state index contributed by atoms with van der Waals surface area (Å²) in [5.74, 6) is 0.689. The molecule has 1 aliphatic rings. The summed E-state index contributed by atoms with van der Waals surface area (Å²) in [7, 11) is 3.72. The molecule has 0 saturated carbocycles. The molecule has 1 aliphatic heterocycles. The van der Waals surface area contributed by atoms with E-state index < -0.39 is 0 Å². The van der Waals surface area contributed by atoms with E-state index in [-0.39, 0.29) is 0 Å². The number of ether oxygens (including phenoxy) is 1. The third-order valence-electron chi connectivity index (χ3n) is 2.23. The predicted molar refractivity (Wildman–Crippen MR) is 54.5 cm³/mol. The van der Waals surface area contributed by atoms with Gasteiger partial charge in [0.25, 0.3) is 0 Å². The first kappa shape index (κ1) is 8.69. The number of hydrogen-bond acceptors (Lipinski definition) is 4. The van der Waals surface area contributed by atoms with Crippen molar-refractivity contribution in [3.05, 3.63) is 12.1 Å². The molecule has 1 aromatic rings. The molecule has 70 valence electrons. The number of hydrogen-bond donors (Lipinski definition) is 0. The van der Waals surface area contributed by atoms with E-state index in [9.17, 15) is 0 Å². The highest BCUT2D eigenvalue weighted by Crippen LogP contribution is 2.41. The highest BCUT2D eigenvalue weighted by Gasteiger charge is 2.24. The normalized spacial score (nSPS) is 20.2. The molecule has 0 N–H and O–H groups in total. The van der Waals surface area contributed by atoms with Crippen LogP contribution in [-0.2, 0) is 0 Å². The maximum absolute atomic E-state index is 5.07. The van der Waals surface area contributed by atoms with E-state index in [1.54, 1.807) is 18.9 Å². The Labute approximate surface area is 82.1 Å². The number of pyridine rings is 1. The number of rotatable bonds is 1. The van der Waals surface area contributed by atoms with Gasteiger partial charge in [0, 0.05) is 13.1 Å². The monoisotopic (exact) mass is 196 g/mol.